The summed E-state index contributed by atoms with van der Waals surface area (Å²) < 4.78 is 2.27. The molecule has 1 aliphatic carbocycles. The molecule has 5 rings (SSSR count). The number of benzene rings is 3. The Morgan fingerprint density at radius 3 is 2.48 bits per heavy atom. The summed E-state index contributed by atoms with van der Waals surface area (Å²) in [6, 6.07) is 20.0. The molecule has 1 aliphatic rings. The van der Waals surface area contributed by atoms with E-state index in [0.29, 0.717) is 0 Å². The third-order valence-corrected chi connectivity index (χ3v) is 5.21. The van der Waals surface area contributed by atoms with Gasteiger partial charge in [-0.05, 0) is 71.2 Å². The molecule has 0 N–H and O–H groups in total. The first-order valence-electron chi connectivity index (χ1n) is 8.51. The SMILES string of the molecule is c1ccc2c(c1)cc(-n1cccc1)c1c3c(ccc12)CCCC3. The number of aryl methyl sites for hydroxylation is 2. The van der Waals surface area contributed by atoms with Gasteiger partial charge in [0.1, 0.15) is 0 Å². The standard InChI is InChI=1S/C22H19N/c1-4-10-19-16(7-1)11-12-20-18-9-3-2-8-17(18)15-21(22(19)20)23-13-5-6-14-23/h2-3,5-6,8-9,11-15H,1,4,7,10H2. The summed E-state index contributed by atoms with van der Waals surface area (Å²) in [6.45, 7) is 0. The van der Waals surface area contributed by atoms with E-state index in [0.717, 1.165) is 0 Å². The maximum absolute atomic E-state index is 2.36. The van der Waals surface area contributed by atoms with E-state index in [1.807, 2.05) is 0 Å². The number of fused-ring (bicyclic) bond motifs is 5. The van der Waals surface area contributed by atoms with Gasteiger partial charge in [0.25, 0.3) is 0 Å². The zero-order chi connectivity index (χ0) is 15.2. The summed E-state index contributed by atoms with van der Waals surface area (Å²) in [6.07, 6.45) is 9.38. The van der Waals surface area contributed by atoms with E-state index < -0.39 is 0 Å². The van der Waals surface area contributed by atoms with Crippen molar-refractivity contribution < 1.29 is 0 Å². The predicted molar refractivity (Wildman–Crippen MR) is 97.4 cm³/mol. The van der Waals surface area contributed by atoms with Crippen molar-refractivity contribution in [3.8, 4) is 5.69 Å². The summed E-state index contributed by atoms with van der Waals surface area (Å²) in [4.78, 5) is 0. The fraction of sp³-hybridized carbons (Fsp3) is 0.182. The first-order chi connectivity index (χ1) is 11.4. The first-order valence-corrected chi connectivity index (χ1v) is 8.51. The van der Waals surface area contributed by atoms with Crippen molar-refractivity contribution in [1.29, 1.82) is 0 Å². The molecule has 1 heteroatoms. The Morgan fingerprint density at radius 2 is 1.57 bits per heavy atom. The summed E-state index contributed by atoms with van der Waals surface area (Å²) in [5.74, 6) is 0. The molecule has 0 amide bonds. The summed E-state index contributed by atoms with van der Waals surface area (Å²) in [7, 11) is 0. The van der Waals surface area contributed by atoms with Crippen LogP contribution >= 0.6 is 0 Å². The molecule has 0 saturated carbocycles. The van der Waals surface area contributed by atoms with Crippen LogP contribution < -0.4 is 0 Å². The van der Waals surface area contributed by atoms with Crippen molar-refractivity contribution >= 4 is 21.5 Å². The Morgan fingerprint density at radius 1 is 0.739 bits per heavy atom. The van der Waals surface area contributed by atoms with Gasteiger partial charge in [-0.2, -0.15) is 0 Å². The topological polar surface area (TPSA) is 4.93 Å². The van der Waals surface area contributed by atoms with Crippen molar-refractivity contribution in [3.05, 3.63) is 78.1 Å². The summed E-state index contributed by atoms with van der Waals surface area (Å²) in [5, 5.41) is 5.54. The molecule has 1 heterocycles. The summed E-state index contributed by atoms with van der Waals surface area (Å²) >= 11 is 0. The molecule has 0 aliphatic heterocycles. The van der Waals surface area contributed by atoms with Gasteiger partial charge in [0.05, 0.1) is 5.69 Å². The Balaban J connectivity index is 1.99. The van der Waals surface area contributed by atoms with E-state index in [9.17, 15) is 0 Å². The Bertz CT molecular complexity index is 1010. The lowest BCUT2D eigenvalue weighted by Gasteiger charge is -2.21. The minimum absolute atomic E-state index is 1.21. The smallest absolute Gasteiger partial charge is 0.0537 e. The highest BCUT2D eigenvalue weighted by Gasteiger charge is 2.17. The van der Waals surface area contributed by atoms with Crippen LogP contribution in [0.25, 0.3) is 27.2 Å². The van der Waals surface area contributed by atoms with E-state index in [4.69, 9.17) is 0 Å². The molecule has 0 spiro atoms. The summed E-state index contributed by atoms with van der Waals surface area (Å²) in [5.41, 5.74) is 4.44. The monoisotopic (exact) mass is 297 g/mol. The van der Waals surface area contributed by atoms with Crippen LogP contribution in [0.15, 0.2) is 67.0 Å². The average molecular weight is 297 g/mol. The molecule has 1 aromatic heterocycles. The number of aromatic nitrogens is 1. The number of nitrogens with zero attached hydrogens (tertiary/aromatic N) is 1. The van der Waals surface area contributed by atoms with E-state index in [1.54, 1.807) is 11.1 Å². The molecule has 0 atom stereocenters. The second-order valence-corrected chi connectivity index (χ2v) is 6.54. The Hall–Kier alpha value is -2.54. The van der Waals surface area contributed by atoms with Gasteiger partial charge in [-0.1, -0.05) is 36.4 Å². The molecule has 0 unspecified atom stereocenters. The van der Waals surface area contributed by atoms with Crippen LogP contribution in [0.5, 0.6) is 0 Å². The van der Waals surface area contributed by atoms with Crippen LogP contribution in [0, 0.1) is 0 Å². The molecule has 23 heavy (non-hydrogen) atoms. The highest BCUT2D eigenvalue weighted by Crippen LogP contribution is 2.37. The highest BCUT2D eigenvalue weighted by atomic mass is 14.9. The van der Waals surface area contributed by atoms with E-state index >= 15 is 0 Å². The minimum Gasteiger partial charge on any atom is -0.323 e. The lowest BCUT2D eigenvalue weighted by molar-refractivity contribution is 0.690. The molecule has 3 aromatic carbocycles. The third kappa shape index (κ3) is 1.93. The molecule has 0 fully saturated rings. The lowest BCUT2D eigenvalue weighted by Crippen LogP contribution is -2.05. The molecular weight excluding hydrogens is 278 g/mol. The quantitative estimate of drug-likeness (QED) is 0.399. The molecule has 112 valence electrons. The minimum atomic E-state index is 1.21. The average Bonchev–Trinajstić information content (AvgIpc) is 3.15. The largest absolute Gasteiger partial charge is 0.323 e. The molecule has 0 saturated heterocycles. The van der Waals surface area contributed by atoms with Gasteiger partial charge in [0.2, 0.25) is 0 Å². The van der Waals surface area contributed by atoms with E-state index in [1.165, 1.54) is 52.9 Å². The first kappa shape index (κ1) is 13.0. The van der Waals surface area contributed by atoms with Gasteiger partial charge >= 0.3 is 0 Å². The number of hydrogen-bond donors (Lipinski definition) is 0. The number of hydrogen-bond acceptors (Lipinski definition) is 0. The maximum atomic E-state index is 2.36. The molecule has 0 bridgehead atoms. The zero-order valence-corrected chi connectivity index (χ0v) is 13.1. The van der Waals surface area contributed by atoms with Crippen LogP contribution in [0.2, 0.25) is 0 Å². The van der Waals surface area contributed by atoms with Crippen LogP contribution in [0.4, 0.5) is 0 Å². The molecule has 1 nitrogen and oxygen atoms in total. The van der Waals surface area contributed by atoms with E-state index in [-0.39, 0.29) is 0 Å². The van der Waals surface area contributed by atoms with Crippen molar-refractivity contribution in [2.45, 2.75) is 25.7 Å². The van der Waals surface area contributed by atoms with Crippen molar-refractivity contribution in [3.63, 3.8) is 0 Å². The normalized spacial score (nSPS) is 14.3. The second-order valence-electron chi connectivity index (χ2n) is 6.54. The molecule has 4 aromatic rings. The molecular formula is C22H19N. The van der Waals surface area contributed by atoms with Crippen LogP contribution in [0.1, 0.15) is 24.0 Å². The van der Waals surface area contributed by atoms with Crippen molar-refractivity contribution in [1.82, 2.24) is 4.57 Å². The predicted octanol–water partition coefficient (Wildman–Crippen LogP) is 5.66. The van der Waals surface area contributed by atoms with Crippen molar-refractivity contribution in [2.75, 3.05) is 0 Å². The van der Waals surface area contributed by atoms with Gasteiger partial charge in [0.15, 0.2) is 0 Å². The fourth-order valence-corrected chi connectivity index (χ4v) is 4.13. The van der Waals surface area contributed by atoms with Crippen LogP contribution in [-0.2, 0) is 12.8 Å². The Labute approximate surface area is 136 Å². The van der Waals surface area contributed by atoms with Gasteiger partial charge < -0.3 is 4.57 Å². The van der Waals surface area contributed by atoms with Gasteiger partial charge in [-0.25, -0.2) is 0 Å². The van der Waals surface area contributed by atoms with Gasteiger partial charge in [-0.15, -0.1) is 0 Å². The third-order valence-electron chi connectivity index (χ3n) is 5.21. The van der Waals surface area contributed by atoms with Gasteiger partial charge in [0, 0.05) is 17.8 Å². The van der Waals surface area contributed by atoms with Gasteiger partial charge in [-0.3, -0.25) is 0 Å². The number of rotatable bonds is 1. The Kier molecular flexibility index (Phi) is 2.81. The van der Waals surface area contributed by atoms with E-state index in [2.05, 4.69) is 71.6 Å². The highest BCUT2D eigenvalue weighted by molar-refractivity contribution is 6.12. The molecule has 0 radical (unpaired) electrons. The maximum Gasteiger partial charge on any atom is 0.0537 e. The zero-order valence-electron chi connectivity index (χ0n) is 13.1. The van der Waals surface area contributed by atoms with Crippen molar-refractivity contribution in [2.24, 2.45) is 0 Å². The van der Waals surface area contributed by atoms with Crippen LogP contribution in [0.3, 0.4) is 0 Å². The lowest BCUT2D eigenvalue weighted by atomic mass is 9.85. The van der Waals surface area contributed by atoms with Crippen LogP contribution in [-0.4, -0.2) is 4.57 Å². The fourth-order valence-electron chi connectivity index (χ4n) is 4.13. The second kappa shape index (κ2) is 4.99.